The van der Waals surface area contributed by atoms with Crippen LogP contribution in [0.25, 0.3) is 0 Å². The molecule has 0 aliphatic carbocycles. The Labute approximate surface area is 230 Å². The Bertz CT molecular complexity index is 319. The summed E-state index contributed by atoms with van der Waals surface area (Å²) in [5.74, 6) is 0. The van der Waals surface area contributed by atoms with E-state index >= 15 is 0 Å². The number of rotatable bonds is 33. The minimum atomic E-state index is 0.374. The molecule has 1 nitrogen and oxygen atoms in total. The van der Waals surface area contributed by atoms with Crippen LogP contribution in [-0.2, 0) is 0 Å². The fraction of sp³-hybridized carbons (Fsp3) is 0.971. The fourth-order valence-corrected chi connectivity index (χ4v) is 5.59. The minimum Gasteiger partial charge on any atom is -0.396 e. The fourth-order valence-electron chi connectivity index (χ4n) is 5.59. The first-order valence-electron chi connectivity index (χ1n) is 17.3. The lowest BCUT2D eigenvalue weighted by atomic mass is 10.0. The average molecular weight is 508 g/mol. The van der Waals surface area contributed by atoms with E-state index < -0.39 is 0 Å². The van der Waals surface area contributed by atoms with E-state index in [9.17, 15) is 0 Å². The average Bonchev–Trinajstić information content (AvgIpc) is 2.89. The highest BCUT2D eigenvalue weighted by Crippen LogP contribution is 2.16. The molecule has 0 atom stereocenters. The maximum atomic E-state index is 8.78. The molecule has 0 rings (SSSR count). The summed E-state index contributed by atoms with van der Waals surface area (Å²) in [6.45, 7) is 4.30. The number of aliphatic hydroxyl groups excluding tert-OH is 1. The second kappa shape index (κ2) is 35.0. The van der Waals surface area contributed by atoms with Crippen molar-refractivity contribution in [1.29, 1.82) is 0 Å². The second-order valence-electron chi connectivity index (χ2n) is 11.9. The maximum absolute atomic E-state index is 8.78. The molecule has 1 heteroatoms. The molecular weight excluding hydrogens is 436 g/mol. The van der Waals surface area contributed by atoms with E-state index in [1.165, 1.54) is 199 Å². The second-order valence-corrected chi connectivity index (χ2v) is 11.9. The van der Waals surface area contributed by atoms with Gasteiger partial charge in [0.2, 0.25) is 0 Å². The van der Waals surface area contributed by atoms with Crippen molar-refractivity contribution in [3.63, 3.8) is 0 Å². The summed E-state index contributed by atoms with van der Waals surface area (Å²) in [7, 11) is 0. The molecule has 0 aromatic rings. The summed E-state index contributed by atoms with van der Waals surface area (Å²) < 4.78 is 0. The Kier molecular flexibility index (Phi) is 34.9. The van der Waals surface area contributed by atoms with Gasteiger partial charge in [-0.3, -0.25) is 0 Å². The Morgan fingerprint density at radius 2 is 0.361 bits per heavy atom. The molecule has 0 aromatic heterocycles. The zero-order valence-electron chi connectivity index (χ0n) is 25.2. The summed E-state index contributed by atoms with van der Waals surface area (Å²) in [6.07, 6.45) is 46.9. The lowest BCUT2D eigenvalue weighted by Crippen LogP contribution is -1.85. The van der Waals surface area contributed by atoms with Gasteiger partial charge < -0.3 is 5.11 Å². The number of unbranched alkanes of at least 4 members (excludes halogenated alkanes) is 32. The third-order valence-corrected chi connectivity index (χ3v) is 8.16. The third-order valence-electron chi connectivity index (χ3n) is 8.16. The first kappa shape index (κ1) is 36.0. The molecule has 0 amide bonds. The molecule has 0 unspecified atom stereocenters. The zero-order valence-corrected chi connectivity index (χ0v) is 25.2. The lowest BCUT2D eigenvalue weighted by Gasteiger charge is -2.05. The van der Waals surface area contributed by atoms with Crippen molar-refractivity contribution in [1.82, 2.24) is 0 Å². The Balaban J connectivity index is 3.00. The molecule has 0 saturated carbocycles. The molecule has 0 aromatic carbocycles. The third kappa shape index (κ3) is 34.0. The zero-order chi connectivity index (χ0) is 26.0. The molecule has 0 spiro atoms. The van der Waals surface area contributed by atoms with Gasteiger partial charge in [-0.15, -0.1) is 0 Å². The SMILES string of the molecule is [CH2]CCCCCCCCCCCCCCCCCCCCCCCCCCCCCCCCCCO. The molecule has 217 valence electrons. The largest absolute Gasteiger partial charge is 0.396 e. The van der Waals surface area contributed by atoms with E-state index in [2.05, 4.69) is 6.92 Å². The van der Waals surface area contributed by atoms with Gasteiger partial charge in [0.15, 0.2) is 0 Å². The monoisotopic (exact) mass is 508 g/mol. The van der Waals surface area contributed by atoms with Crippen LogP contribution in [0.5, 0.6) is 0 Å². The first-order chi connectivity index (χ1) is 17.9. The van der Waals surface area contributed by atoms with Gasteiger partial charge in [-0.2, -0.15) is 0 Å². The topological polar surface area (TPSA) is 20.2 Å². The normalized spacial score (nSPS) is 11.5. The van der Waals surface area contributed by atoms with Gasteiger partial charge >= 0.3 is 0 Å². The molecule has 0 aliphatic heterocycles. The quantitative estimate of drug-likeness (QED) is 0.0875. The van der Waals surface area contributed by atoms with Gasteiger partial charge in [-0.05, 0) is 6.42 Å². The molecule has 1 N–H and O–H groups in total. The van der Waals surface area contributed by atoms with E-state index in [1.54, 1.807) is 0 Å². The number of aliphatic hydroxyl groups is 1. The summed E-state index contributed by atoms with van der Waals surface area (Å²) in [4.78, 5) is 0. The smallest absolute Gasteiger partial charge is 0.0431 e. The molecule has 0 heterocycles. The van der Waals surface area contributed by atoms with Crippen LogP contribution < -0.4 is 0 Å². The van der Waals surface area contributed by atoms with Crippen molar-refractivity contribution in [3.8, 4) is 0 Å². The summed E-state index contributed by atoms with van der Waals surface area (Å²) in [6, 6.07) is 0. The van der Waals surface area contributed by atoms with Crippen LogP contribution in [0.3, 0.4) is 0 Å². The van der Waals surface area contributed by atoms with Gasteiger partial charge in [0.1, 0.15) is 0 Å². The van der Waals surface area contributed by atoms with Crippen molar-refractivity contribution in [2.24, 2.45) is 0 Å². The van der Waals surface area contributed by atoms with Crippen LogP contribution >= 0.6 is 0 Å². The van der Waals surface area contributed by atoms with E-state index in [0.29, 0.717) is 6.61 Å². The van der Waals surface area contributed by atoms with E-state index in [4.69, 9.17) is 5.11 Å². The standard InChI is InChI=1S/C35H71O/c1-2-3-4-5-6-7-8-9-10-11-12-13-14-15-16-17-18-19-20-21-22-23-24-25-26-27-28-29-30-31-32-33-34-35-36/h36H,1-35H2. The maximum Gasteiger partial charge on any atom is 0.0431 e. The number of hydrogen-bond donors (Lipinski definition) is 1. The van der Waals surface area contributed by atoms with E-state index in [1.807, 2.05) is 0 Å². The van der Waals surface area contributed by atoms with Gasteiger partial charge in [0, 0.05) is 6.61 Å². The highest BCUT2D eigenvalue weighted by atomic mass is 16.2. The first-order valence-corrected chi connectivity index (χ1v) is 17.3. The van der Waals surface area contributed by atoms with Crippen molar-refractivity contribution in [2.75, 3.05) is 6.61 Å². The van der Waals surface area contributed by atoms with Crippen molar-refractivity contribution in [2.45, 2.75) is 212 Å². The van der Waals surface area contributed by atoms with Gasteiger partial charge in [0.05, 0.1) is 0 Å². The Hall–Kier alpha value is -0.0400. The highest BCUT2D eigenvalue weighted by Gasteiger charge is 1.97. The summed E-state index contributed by atoms with van der Waals surface area (Å²) in [5, 5.41) is 8.78. The van der Waals surface area contributed by atoms with Gasteiger partial charge in [-0.25, -0.2) is 0 Å². The molecule has 0 fully saturated rings. The van der Waals surface area contributed by atoms with Crippen molar-refractivity contribution >= 4 is 0 Å². The predicted molar refractivity (Wildman–Crippen MR) is 165 cm³/mol. The highest BCUT2D eigenvalue weighted by molar-refractivity contribution is 4.53. The lowest BCUT2D eigenvalue weighted by molar-refractivity contribution is 0.282. The predicted octanol–water partition coefficient (Wildman–Crippen LogP) is 12.7. The van der Waals surface area contributed by atoms with Crippen LogP contribution in [0.4, 0.5) is 0 Å². The molecule has 36 heavy (non-hydrogen) atoms. The Morgan fingerprint density at radius 1 is 0.222 bits per heavy atom. The van der Waals surface area contributed by atoms with Crippen LogP contribution in [0.2, 0.25) is 0 Å². The van der Waals surface area contributed by atoms with Crippen LogP contribution in [0.15, 0.2) is 0 Å². The van der Waals surface area contributed by atoms with E-state index in [-0.39, 0.29) is 0 Å². The van der Waals surface area contributed by atoms with Gasteiger partial charge in [0.25, 0.3) is 0 Å². The van der Waals surface area contributed by atoms with E-state index in [0.717, 1.165) is 12.8 Å². The Morgan fingerprint density at radius 3 is 0.500 bits per heavy atom. The van der Waals surface area contributed by atoms with Gasteiger partial charge in [-0.1, -0.05) is 212 Å². The van der Waals surface area contributed by atoms with Crippen molar-refractivity contribution < 1.29 is 5.11 Å². The summed E-state index contributed by atoms with van der Waals surface area (Å²) >= 11 is 0. The van der Waals surface area contributed by atoms with Crippen LogP contribution in [-0.4, -0.2) is 11.7 Å². The van der Waals surface area contributed by atoms with Crippen LogP contribution in [0, 0.1) is 6.92 Å². The van der Waals surface area contributed by atoms with Crippen molar-refractivity contribution in [3.05, 3.63) is 6.92 Å². The molecule has 0 saturated heterocycles. The molecule has 0 aliphatic rings. The number of hydrogen-bond acceptors (Lipinski definition) is 1. The molecule has 0 bridgehead atoms. The minimum absolute atomic E-state index is 0.374. The van der Waals surface area contributed by atoms with Crippen LogP contribution in [0.1, 0.15) is 212 Å². The summed E-state index contributed by atoms with van der Waals surface area (Å²) in [5.41, 5.74) is 0. The molecular formula is C35H71O. The molecule has 1 radical (unpaired) electrons.